The molecule has 0 spiro atoms. The molecule has 3 heterocycles. The Bertz CT molecular complexity index is 940. The molecule has 4 atom stereocenters. The first-order chi connectivity index (χ1) is 14.8. The van der Waals surface area contributed by atoms with E-state index in [0.29, 0.717) is 5.75 Å². The number of carbonyl (C=O) groups is 3. The number of hydrogen-bond donors (Lipinski definition) is 0. The van der Waals surface area contributed by atoms with Gasteiger partial charge in [-0.15, -0.1) is 11.8 Å². The number of esters is 3. The molecule has 3 rings (SSSR count). The monoisotopic (exact) mass is 446 g/mol. The smallest absolute Gasteiger partial charge is 0.303 e. The minimum Gasteiger partial charge on any atom is -0.474 e. The first kappa shape index (κ1) is 22.5. The first-order valence-electron chi connectivity index (χ1n) is 9.49. The van der Waals surface area contributed by atoms with E-state index in [4.69, 9.17) is 18.9 Å². The number of nitrogens with zero attached hydrogens (tertiary/aromatic N) is 2. The van der Waals surface area contributed by atoms with Crippen LogP contribution in [0.25, 0.3) is 11.1 Å². The third kappa shape index (κ3) is 6.17. The van der Waals surface area contributed by atoms with E-state index in [1.54, 1.807) is 24.7 Å². The predicted molar refractivity (Wildman–Crippen MR) is 111 cm³/mol. The van der Waals surface area contributed by atoms with Gasteiger partial charge in [-0.2, -0.15) is 0 Å². The van der Waals surface area contributed by atoms with Crippen LogP contribution in [0.3, 0.4) is 0 Å². The highest BCUT2D eigenvalue weighted by atomic mass is 32.2. The summed E-state index contributed by atoms with van der Waals surface area (Å²) in [5.41, 5.74) is 1.02. The van der Waals surface area contributed by atoms with Gasteiger partial charge in [-0.3, -0.25) is 24.4 Å². The standard InChI is InChI=1S/C21H22N2O7S/c1-12(24)27-18-11-31-21(20(29-14(3)26)19(18)28-13(2)25)30-17-8-16(9-23-10-17)15-4-6-22-7-5-15/h4-10,18-21H,11H2,1-3H3/t18-,19+,20-,21+/m1/s1. The maximum Gasteiger partial charge on any atom is 0.303 e. The Morgan fingerprint density at radius 1 is 0.871 bits per heavy atom. The summed E-state index contributed by atoms with van der Waals surface area (Å²) >= 11 is 1.28. The number of hydrogen-bond acceptors (Lipinski definition) is 10. The summed E-state index contributed by atoms with van der Waals surface area (Å²) in [6.07, 6.45) is 3.80. The average Bonchev–Trinajstić information content (AvgIpc) is 2.72. The number of pyridine rings is 2. The van der Waals surface area contributed by atoms with Crippen LogP contribution >= 0.6 is 11.8 Å². The molecule has 0 N–H and O–H groups in total. The van der Waals surface area contributed by atoms with Crippen molar-refractivity contribution in [3.05, 3.63) is 43.0 Å². The molecule has 1 aliphatic rings. The first-order valence-corrected chi connectivity index (χ1v) is 10.5. The Kier molecular flexibility index (Phi) is 7.45. The van der Waals surface area contributed by atoms with E-state index in [-0.39, 0.29) is 5.75 Å². The summed E-state index contributed by atoms with van der Waals surface area (Å²) in [5.74, 6) is -0.971. The van der Waals surface area contributed by atoms with Gasteiger partial charge in [0.15, 0.2) is 23.7 Å². The lowest BCUT2D eigenvalue weighted by atomic mass is 10.1. The van der Waals surface area contributed by atoms with Gasteiger partial charge < -0.3 is 18.9 Å². The van der Waals surface area contributed by atoms with Crippen molar-refractivity contribution in [3.63, 3.8) is 0 Å². The van der Waals surface area contributed by atoms with E-state index in [2.05, 4.69) is 9.97 Å². The normalized spacial score (nSPS) is 22.8. The number of thioether (sulfide) groups is 1. The van der Waals surface area contributed by atoms with E-state index in [1.807, 2.05) is 12.1 Å². The van der Waals surface area contributed by atoms with Crippen LogP contribution in [0, 0.1) is 0 Å². The average molecular weight is 446 g/mol. The summed E-state index contributed by atoms with van der Waals surface area (Å²) in [6.45, 7) is 3.73. The van der Waals surface area contributed by atoms with Crippen LogP contribution < -0.4 is 4.74 Å². The molecular weight excluding hydrogens is 424 g/mol. The summed E-state index contributed by atoms with van der Waals surface area (Å²) < 4.78 is 22.2. The molecule has 1 aliphatic heterocycles. The molecule has 31 heavy (non-hydrogen) atoms. The van der Waals surface area contributed by atoms with E-state index < -0.39 is 41.7 Å². The Labute approximate surface area is 183 Å². The number of carbonyl (C=O) groups excluding carboxylic acids is 3. The van der Waals surface area contributed by atoms with E-state index in [0.717, 1.165) is 11.1 Å². The quantitative estimate of drug-likeness (QED) is 0.484. The highest BCUT2D eigenvalue weighted by molar-refractivity contribution is 7.99. The molecule has 2 aromatic rings. The molecule has 10 heteroatoms. The lowest BCUT2D eigenvalue weighted by molar-refractivity contribution is -0.186. The molecule has 1 saturated heterocycles. The van der Waals surface area contributed by atoms with Gasteiger partial charge >= 0.3 is 17.9 Å². The highest BCUT2D eigenvalue weighted by Crippen LogP contribution is 2.34. The van der Waals surface area contributed by atoms with Crippen molar-refractivity contribution in [2.75, 3.05) is 5.75 Å². The molecule has 1 fully saturated rings. The van der Waals surface area contributed by atoms with Crippen LogP contribution in [0.2, 0.25) is 0 Å². The zero-order valence-electron chi connectivity index (χ0n) is 17.2. The molecule has 9 nitrogen and oxygen atoms in total. The second kappa shape index (κ2) is 10.3. The zero-order valence-corrected chi connectivity index (χ0v) is 18.0. The van der Waals surface area contributed by atoms with Crippen LogP contribution in [0.4, 0.5) is 0 Å². The fourth-order valence-electron chi connectivity index (χ4n) is 3.13. The summed E-state index contributed by atoms with van der Waals surface area (Å²) in [7, 11) is 0. The van der Waals surface area contributed by atoms with Gasteiger partial charge in [0.25, 0.3) is 0 Å². The Hall–Kier alpha value is -3.14. The molecule has 0 aromatic carbocycles. The fourth-order valence-corrected chi connectivity index (χ4v) is 4.35. The van der Waals surface area contributed by atoms with Crippen molar-refractivity contribution in [1.29, 1.82) is 0 Å². The van der Waals surface area contributed by atoms with Gasteiger partial charge in [-0.1, -0.05) is 0 Å². The van der Waals surface area contributed by atoms with Crippen molar-refractivity contribution in [2.24, 2.45) is 0 Å². The van der Waals surface area contributed by atoms with Gasteiger partial charge in [0, 0.05) is 50.7 Å². The van der Waals surface area contributed by atoms with E-state index >= 15 is 0 Å². The second-order valence-electron chi connectivity index (χ2n) is 6.76. The molecule has 0 bridgehead atoms. The maximum absolute atomic E-state index is 11.8. The second-order valence-corrected chi connectivity index (χ2v) is 7.89. The lowest BCUT2D eigenvalue weighted by Crippen LogP contribution is -2.55. The third-order valence-corrected chi connectivity index (χ3v) is 5.50. The van der Waals surface area contributed by atoms with Crippen LogP contribution in [-0.2, 0) is 28.6 Å². The van der Waals surface area contributed by atoms with Crippen molar-refractivity contribution in [3.8, 4) is 16.9 Å². The largest absolute Gasteiger partial charge is 0.474 e. The number of rotatable bonds is 6. The molecule has 2 aromatic heterocycles. The highest BCUT2D eigenvalue weighted by Gasteiger charge is 2.47. The van der Waals surface area contributed by atoms with Crippen molar-refractivity contribution in [2.45, 2.75) is 44.5 Å². The maximum atomic E-state index is 11.8. The van der Waals surface area contributed by atoms with Gasteiger partial charge in [0.2, 0.25) is 0 Å². The van der Waals surface area contributed by atoms with Gasteiger partial charge in [0.1, 0.15) is 5.75 Å². The Morgan fingerprint density at radius 3 is 2.16 bits per heavy atom. The Balaban J connectivity index is 1.86. The van der Waals surface area contributed by atoms with Crippen LogP contribution in [0.5, 0.6) is 5.75 Å². The zero-order chi connectivity index (χ0) is 22.4. The molecule has 0 unspecified atom stereocenters. The molecule has 0 amide bonds. The number of ether oxygens (including phenoxy) is 4. The SMILES string of the molecule is CC(=O)O[C@@H]1[C@@H](OC(C)=O)[C@@H](Oc2cncc(-c3ccncc3)c2)SC[C@H]1OC(C)=O. The van der Waals surface area contributed by atoms with E-state index in [1.165, 1.54) is 38.7 Å². The van der Waals surface area contributed by atoms with Gasteiger partial charge in [-0.25, -0.2) is 0 Å². The minimum atomic E-state index is -1.01. The van der Waals surface area contributed by atoms with Crippen LogP contribution in [0.1, 0.15) is 20.8 Å². The van der Waals surface area contributed by atoms with Gasteiger partial charge in [0.05, 0.1) is 6.20 Å². The molecule has 164 valence electrons. The summed E-state index contributed by atoms with van der Waals surface area (Å²) in [4.78, 5) is 43.1. The van der Waals surface area contributed by atoms with Crippen molar-refractivity contribution < 1.29 is 33.3 Å². The van der Waals surface area contributed by atoms with E-state index in [9.17, 15) is 14.4 Å². The lowest BCUT2D eigenvalue weighted by Gasteiger charge is -2.39. The molecule has 0 radical (unpaired) electrons. The predicted octanol–water partition coefficient (Wildman–Crippen LogP) is 2.39. The van der Waals surface area contributed by atoms with Crippen LogP contribution in [0.15, 0.2) is 43.0 Å². The van der Waals surface area contributed by atoms with Crippen molar-refractivity contribution >= 4 is 29.7 Å². The third-order valence-electron chi connectivity index (χ3n) is 4.28. The van der Waals surface area contributed by atoms with Gasteiger partial charge in [-0.05, 0) is 23.8 Å². The topological polar surface area (TPSA) is 114 Å². The number of aromatic nitrogens is 2. The molecular formula is C21H22N2O7S. The minimum absolute atomic E-state index is 0.289. The summed E-state index contributed by atoms with van der Waals surface area (Å²) in [5, 5.41) is 0. The van der Waals surface area contributed by atoms with Crippen LogP contribution in [-0.4, -0.2) is 57.4 Å². The molecule has 0 aliphatic carbocycles. The molecule has 0 saturated carbocycles. The fraction of sp³-hybridized carbons (Fsp3) is 0.381. The Morgan fingerprint density at radius 2 is 1.52 bits per heavy atom. The van der Waals surface area contributed by atoms with Crippen molar-refractivity contribution in [1.82, 2.24) is 9.97 Å². The summed E-state index contributed by atoms with van der Waals surface area (Å²) in [6, 6.07) is 5.49.